The number of rotatable bonds is 3. The van der Waals surface area contributed by atoms with Crippen molar-refractivity contribution in [2.45, 2.75) is 44.9 Å². The van der Waals surface area contributed by atoms with Gasteiger partial charge in [0.25, 0.3) is 0 Å². The van der Waals surface area contributed by atoms with E-state index in [4.69, 9.17) is 4.98 Å². The van der Waals surface area contributed by atoms with Crippen LogP contribution in [0.25, 0.3) is 0 Å². The van der Waals surface area contributed by atoms with Gasteiger partial charge in [0.2, 0.25) is 5.95 Å². The van der Waals surface area contributed by atoms with Crippen molar-refractivity contribution in [3.8, 4) is 0 Å². The molecule has 1 fully saturated rings. The third-order valence-corrected chi connectivity index (χ3v) is 4.34. The Labute approximate surface area is 115 Å². The highest BCUT2D eigenvalue weighted by atomic mass is 15.1. The van der Waals surface area contributed by atoms with Gasteiger partial charge in [-0.25, -0.2) is 9.97 Å². The lowest BCUT2D eigenvalue weighted by molar-refractivity contribution is 0.373. The van der Waals surface area contributed by atoms with Gasteiger partial charge in [-0.05, 0) is 37.3 Å². The van der Waals surface area contributed by atoms with Gasteiger partial charge in [0.15, 0.2) is 0 Å². The Morgan fingerprint density at radius 3 is 2.89 bits per heavy atom. The number of nitrogens with zero attached hydrogens (tertiary/aromatic N) is 2. The van der Waals surface area contributed by atoms with E-state index in [9.17, 15) is 0 Å². The van der Waals surface area contributed by atoms with Gasteiger partial charge in [-0.2, -0.15) is 0 Å². The molecule has 1 saturated carbocycles. The van der Waals surface area contributed by atoms with Gasteiger partial charge in [-0.3, -0.25) is 0 Å². The fourth-order valence-corrected chi connectivity index (χ4v) is 3.13. The fourth-order valence-electron chi connectivity index (χ4n) is 3.13. The molecule has 4 nitrogen and oxygen atoms in total. The van der Waals surface area contributed by atoms with Crippen molar-refractivity contribution in [1.29, 1.82) is 0 Å². The predicted octanol–water partition coefficient (Wildman–Crippen LogP) is 2.16. The van der Waals surface area contributed by atoms with Gasteiger partial charge in [-0.1, -0.05) is 19.3 Å². The molecule has 0 bridgehead atoms. The van der Waals surface area contributed by atoms with Crippen LogP contribution >= 0.6 is 0 Å². The van der Waals surface area contributed by atoms with E-state index >= 15 is 0 Å². The van der Waals surface area contributed by atoms with Crippen molar-refractivity contribution >= 4 is 5.95 Å². The average Bonchev–Trinajstić information content (AvgIpc) is 2.71. The predicted molar refractivity (Wildman–Crippen MR) is 77.4 cm³/mol. The number of hydrogen-bond acceptors (Lipinski definition) is 4. The summed E-state index contributed by atoms with van der Waals surface area (Å²) in [6, 6.07) is 0. The van der Waals surface area contributed by atoms with Crippen LogP contribution in [0.3, 0.4) is 0 Å². The van der Waals surface area contributed by atoms with Crippen molar-refractivity contribution in [2.75, 3.05) is 25.0 Å². The first-order valence-electron chi connectivity index (χ1n) is 7.71. The maximum Gasteiger partial charge on any atom is 0.222 e. The summed E-state index contributed by atoms with van der Waals surface area (Å²) >= 11 is 0. The average molecular weight is 260 g/mol. The van der Waals surface area contributed by atoms with Crippen molar-refractivity contribution in [3.63, 3.8) is 0 Å². The topological polar surface area (TPSA) is 49.8 Å². The normalized spacial score (nSPS) is 20.6. The van der Waals surface area contributed by atoms with E-state index < -0.39 is 0 Å². The summed E-state index contributed by atoms with van der Waals surface area (Å²) in [5.74, 6) is 1.64. The number of aromatic nitrogens is 2. The molecule has 1 aliphatic carbocycles. The lowest BCUT2D eigenvalue weighted by Crippen LogP contribution is -2.18. The monoisotopic (exact) mass is 260 g/mol. The zero-order valence-corrected chi connectivity index (χ0v) is 11.6. The SMILES string of the molecule is c1nc(NCC2CCCCC2)nc2c1CCNCC2. The first-order valence-corrected chi connectivity index (χ1v) is 7.71. The molecule has 3 rings (SSSR count). The molecule has 2 aliphatic rings. The quantitative estimate of drug-likeness (QED) is 0.874. The summed E-state index contributed by atoms with van der Waals surface area (Å²) in [6.07, 6.45) is 11.0. The third-order valence-electron chi connectivity index (χ3n) is 4.34. The minimum Gasteiger partial charge on any atom is -0.354 e. The van der Waals surface area contributed by atoms with Gasteiger partial charge in [0.05, 0.1) is 5.69 Å². The van der Waals surface area contributed by atoms with Crippen LogP contribution in [0.15, 0.2) is 6.20 Å². The molecule has 0 saturated heterocycles. The second kappa shape index (κ2) is 6.33. The van der Waals surface area contributed by atoms with Crippen LogP contribution in [0.5, 0.6) is 0 Å². The summed E-state index contributed by atoms with van der Waals surface area (Å²) < 4.78 is 0. The molecule has 4 heteroatoms. The highest BCUT2D eigenvalue weighted by Gasteiger charge is 2.14. The van der Waals surface area contributed by atoms with Gasteiger partial charge in [0.1, 0.15) is 0 Å². The van der Waals surface area contributed by atoms with Gasteiger partial charge >= 0.3 is 0 Å². The molecule has 0 atom stereocenters. The first-order chi connectivity index (χ1) is 9.42. The number of hydrogen-bond donors (Lipinski definition) is 2. The van der Waals surface area contributed by atoms with E-state index in [1.807, 2.05) is 6.20 Å². The number of nitrogens with one attached hydrogen (secondary N) is 2. The summed E-state index contributed by atoms with van der Waals surface area (Å²) in [5, 5.41) is 6.85. The largest absolute Gasteiger partial charge is 0.354 e. The molecular weight excluding hydrogens is 236 g/mol. The number of anilines is 1. The van der Waals surface area contributed by atoms with E-state index in [0.29, 0.717) is 0 Å². The van der Waals surface area contributed by atoms with Gasteiger partial charge < -0.3 is 10.6 Å². The van der Waals surface area contributed by atoms with Crippen LogP contribution in [0, 0.1) is 5.92 Å². The maximum absolute atomic E-state index is 4.70. The Morgan fingerprint density at radius 1 is 1.16 bits per heavy atom. The molecule has 104 valence electrons. The molecule has 0 spiro atoms. The highest BCUT2D eigenvalue weighted by Crippen LogP contribution is 2.23. The molecule has 2 N–H and O–H groups in total. The fraction of sp³-hybridized carbons (Fsp3) is 0.733. The highest BCUT2D eigenvalue weighted by molar-refractivity contribution is 5.30. The molecule has 0 aromatic carbocycles. The Morgan fingerprint density at radius 2 is 2.00 bits per heavy atom. The molecule has 0 unspecified atom stereocenters. The van der Waals surface area contributed by atoms with E-state index in [0.717, 1.165) is 44.3 Å². The molecule has 1 aliphatic heterocycles. The summed E-state index contributed by atoms with van der Waals surface area (Å²) in [4.78, 5) is 9.16. The Hall–Kier alpha value is -1.16. The summed E-state index contributed by atoms with van der Waals surface area (Å²) in [6.45, 7) is 3.12. The van der Waals surface area contributed by atoms with E-state index in [-0.39, 0.29) is 0 Å². The van der Waals surface area contributed by atoms with E-state index in [1.165, 1.54) is 43.4 Å². The standard InChI is InChI=1S/C15H24N4/c1-2-4-12(5-3-1)10-17-15-18-11-13-6-8-16-9-7-14(13)19-15/h11-12,16H,1-10H2,(H,17,18,19). The first kappa shape index (κ1) is 12.9. The van der Waals surface area contributed by atoms with Crippen LogP contribution in [0.2, 0.25) is 0 Å². The second-order valence-corrected chi connectivity index (χ2v) is 5.80. The van der Waals surface area contributed by atoms with Crippen LogP contribution in [0.1, 0.15) is 43.4 Å². The summed E-state index contributed by atoms with van der Waals surface area (Å²) in [5.41, 5.74) is 2.54. The Bertz CT molecular complexity index is 413. The zero-order valence-electron chi connectivity index (χ0n) is 11.6. The van der Waals surface area contributed by atoms with Crippen molar-refractivity contribution in [1.82, 2.24) is 15.3 Å². The minimum atomic E-state index is 0.817. The molecule has 0 amide bonds. The third kappa shape index (κ3) is 3.44. The van der Waals surface area contributed by atoms with Crippen LogP contribution in [0.4, 0.5) is 5.95 Å². The Kier molecular flexibility index (Phi) is 4.28. The lowest BCUT2D eigenvalue weighted by Gasteiger charge is -2.21. The maximum atomic E-state index is 4.70. The van der Waals surface area contributed by atoms with Gasteiger partial charge in [0, 0.05) is 25.7 Å². The second-order valence-electron chi connectivity index (χ2n) is 5.80. The van der Waals surface area contributed by atoms with Crippen LogP contribution in [-0.4, -0.2) is 29.6 Å². The van der Waals surface area contributed by atoms with Crippen molar-refractivity contribution in [3.05, 3.63) is 17.5 Å². The molecule has 2 heterocycles. The lowest BCUT2D eigenvalue weighted by atomic mass is 9.89. The number of fused-ring (bicyclic) bond motifs is 1. The van der Waals surface area contributed by atoms with Gasteiger partial charge in [-0.15, -0.1) is 0 Å². The molecule has 0 radical (unpaired) electrons. The minimum absolute atomic E-state index is 0.817. The van der Waals surface area contributed by atoms with Crippen LogP contribution in [-0.2, 0) is 12.8 Å². The van der Waals surface area contributed by atoms with Crippen molar-refractivity contribution in [2.24, 2.45) is 5.92 Å². The smallest absolute Gasteiger partial charge is 0.222 e. The molecule has 19 heavy (non-hydrogen) atoms. The summed E-state index contributed by atoms with van der Waals surface area (Å²) in [7, 11) is 0. The van der Waals surface area contributed by atoms with E-state index in [2.05, 4.69) is 15.6 Å². The molecular formula is C15H24N4. The van der Waals surface area contributed by atoms with Crippen molar-refractivity contribution < 1.29 is 0 Å². The molecule has 1 aromatic heterocycles. The molecule has 1 aromatic rings. The zero-order chi connectivity index (χ0) is 12.9. The Balaban J connectivity index is 1.60. The van der Waals surface area contributed by atoms with Crippen LogP contribution < -0.4 is 10.6 Å². The van der Waals surface area contributed by atoms with E-state index in [1.54, 1.807) is 0 Å².